The molecule has 3 aromatic carbocycles. The molecule has 0 bridgehead atoms. The van der Waals surface area contributed by atoms with E-state index in [-0.39, 0.29) is 11.3 Å². The van der Waals surface area contributed by atoms with E-state index in [1.54, 1.807) is 48.5 Å². The summed E-state index contributed by atoms with van der Waals surface area (Å²) < 4.78 is 41.0. The highest BCUT2D eigenvalue weighted by Crippen LogP contribution is 2.25. The molecule has 2 atom stereocenters. The van der Waals surface area contributed by atoms with Gasteiger partial charge in [-0.1, -0.05) is 30.3 Å². The highest BCUT2D eigenvalue weighted by Gasteiger charge is 2.33. The van der Waals surface area contributed by atoms with Gasteiger partial charge >= 0.3 is 6.36 Å². The van der Waals surface area contributed by atoms with Crippen LogP contribution in [0.5, 0.6) is 5.75 Å². The first-order valence-corrected chi connectivity index (χ1v) is 10.5. The standard InChI is InChI=1S/C24H20F3N5O4/c25-24(26,27)36-17-9-6-15(7-10-17)22(34)31-20(14-4-2-1-3-5-14)21(33)23(35)32(28)16-8-11-18-19(12-16)30-13-29-18/h1-13,20-21,33H,28H2,(H,29,30)(H,31,34). The first kappa shape index (κ1) is 24.7. The predicted octanol–water partition coefficient (Wildman–Crippen LogP) is 3.20. The second-order valence-corrected chi connectivity index (χ2v) is 7.69. The number of aromatic nitrogens is 2. The lowest BCUT2D eigenvalue weighted by Gasteiger charge is -2.27. The maximum atomic E-state index is 13.1. The number of benzene rings is 3. The number of anilines is 1. The monoisotopic (exact) mass is 499 g/mol. The van der Waals surface area contributed by atoms with Crippen molar-refractivity contribution < 1.29 is 32.6 Å². The van der Waals surface area contributed by atoms with E-state index in [2.05, 4.69) is 20.0 Å². The number of carbonyl (C=O) groups excluding carboxylic acids is 2. The van der Waals surface area contributed by atoms with Gasteiger partial charge in [0.2, 0.25) is 0 Å². The molecule has 0 saturated heterocycles. The lowest BCUT2D eigenvalue weighted by Crippen LogP contribution is -2.50. The fourth-order valence-electron chi connectivity index (χ4n) is 3.52. The fraction of sp³-hybridized carbons (Fsp3) is 0.125. The number of hydrogen-bond donors (Lipinski definition) is 4. The van der Waals surface area contributed by atoms with Crippen LogP contribution < -0.4 is 20.9 Å². The Kier molecular flexibility index (Phi) is 6.90. The average molecular weight is 499 g/mol. The van der Waals surface area contributed by atoms with Gasteiger partial charge in [-0.2, -0.15) is 0 Å². The normalized spacial score (nSPS) is 13.1. The largest absolute Gasteiger partial charge is 0.573 e. The van der Waals surface area contributed by atoms with Crippen LogP contribution in [0.2, 0.25) is 0 Å². The third kappa shape index (κ3) is 5.62. The van der Waals surface area contributed by atoms with Crippen LogP contribution in [0.4, 0.5) is 18.9 Å². The number of alkyl halides is 3. The summed E-state index contributed by atoms with van der Waals surface area (Å²) in [4.78, 5) is 32.9. The van der Waals surface area contributed by atoms with Crippen LogP contribution in [0, 0.1) is 0 Å². The lowest BCUT2D eigenvalue weighted by atomic mass is 9.99. The second kappa shape index (κ2) is 10.1. The Morgan fingerprint density at radius 1 is 1.06 bits per heavy atom. The van der Waals surface area contributed by atoms with Crippen LogP contribution in [0.15, 0.2) is 79.1 Å². The Morgan fingerprint density at radius 2 is 1.75 bits per heavy atom. The van der Waals surface area contributed by atoms with Gasteiger partial charge in [0.15, 0.2) is 6.10 Å². The summed E-state index contributed by atoms with van der Waals surface area (Å²) in [5.74, 6) is 3.85. The smallest absolute Gasteiger partial charge is 0.406 e. The van der Waals surface area contributed by atoms with Gasteiger partial charge in [0.25, 0.3) is 11.8 Å². The maximum absolute atomic E-state index is 13.1. The van der Waals surface area contributed by atoms with E-state index in [1.807, 2.05) is 0 Å². The Balaban J connectivity index is 1.55. The number of H-pyrrole nitrogens is 1. The van der Waals surface area contributed by atoms with Crippen LogP contribution in [-0.4, -0.2) is 39.4 Å². The molecule has 4 aromatic rings. The Morgan fingerprint density at radius 3 is 2.42 bits per heavy atom. The van der Waals surface area contributed by atoms with Crippen LogP contribution in [0.25, 0.3) is 11.0 Å². The van der Waals surface area contributed by atoms with Crippen LogP contribution in [-0.2, 0) is 4.79 Å². The van der Waals surface area contributed by atoms with Gasteiger partial charge in [0.1, 0.15) is 5.75 Å². The van der Waals surface area contributed by atoms with Crippen molar-refractivity contribution in [2.45, 2.75) is 18.5 Å². The number of aromatic amines is 1. The molecular formula is C24H20F3N5O4. The van der Waals surface area contributed by atoms with Gasteiger partial charge in [-0.15, -0.1) is 13.2 Å². The van der Waals surface area contributed by atoms with E-state index >= 15 is 0 Å². The van der Waals surface area contributed by atoms with Crippen molar-refractivity contribution in [1.82, 2.24) is 15.3 Å². The molecule has 12 heteroatoms. The second-order valence-electron chi connectivity index (χ2n) is 7.69. The molecule has 2 unspecified atom stereocenters. The number of aliphatic hydroxyl groups is 1. The zero-order chi connectivity index (χ0) is 25.9. The predicted molar refractivity (Wildman–Crippen MR) is 124 cm³/mol. The molecule has 0 aliphatic heterocycles. The molecule has 0 radical (unpaired) electrons. The molecule has 2 amide bonds. The average Bonchev–Trinajstić information content (AvgIpc) is 3.34. The van der Waals surface area contributed by atoms with Crippen LogP contribution >= 0.6 is 0 Å². The number of rotatable bonds is 7. The Labute approximate surface area is 202 Å². The van der Waals surface area contributed by atoms with Gasteiger partial charge in [-0.05, 0) is 48.0 Å². The number of imidazole rings is 1. The summed E-state index contributed by atoms with van der Waals surface area (Å²) in [5, 5.41) is 14.3. The molecule has 1 heterocycles. The maximum Gasteiger partial charge on any atom is 0.573 e. The van der Waals surface area contributed by atoms with Gasteiger partial charge < -0.3 is 20.1 Å². The van der Waals surface area contributed by atoms with Gasteiger partial charge in [0.05, 0.1) is 29.1 Å². The Bertz CT molecular complexity index is 1360. The van der Waals surface area contributed by atoms with E-state index in [9.17, 15) is 27.9 Å². The number of carbonyl (C=O) groups is 2. The Hall–Kier alpha value is -4.42. The van der Waals surface area contributed by atoms with Crippen molar-refractivity contribution in [2.75, 3.05) is 5.01 Å². The lowest BCUT2D eigenvalue weighted by molar-refractivity contribution is -0.274. The van der Waals surface area contributed by atoms with Crippen molar-refractivity contribution in [2.24, 2.45) is 5.84 Å². The quantitative estimate of drug-likeness (QED) is 0.175. The topological polar surface area (TPSA) is 134 Å². The highest BCUT2D eigenvalue weighted by atomic mass is 19.4. The van der Waals surface area contributed by atoms with E-state index in [4.69, 9.17) is 5.84 Å². The third-order valence-electron chi connectivity index (χ3n) is 5.28. The first-order valence-electron chi connectivity index (χ1n) is 10.5. The molecule has 0 fully saturated rings. The molecule has 1 aromatic heterocycles. The van der Waals surface area contributed by atoms with E-state index in [1.165, 1.54) is 6.33 Å². The number of nitrogens with zero attached hydrogens (tertiary/aromatic N) is 2. The highest BCUT2D eigenvalue weighted by molar-refractivity contribution is 5.99. The van der Waals surface area contributed by atoms with E-state index in [0.29, 0.717) is 16.6 Å². The first-order chi connectivity index (χ1) is 17.1. The van der Waals surface area contributed by atoms with Crippen molar-refractivity contribution in [3.05, 3.63) is 90.3 Å². The molecule has 36 heavy (non-hydrogen) atoms. The SMILES string of the molecule is NN(C(=O)C(O)C(NC(=O)c1ccc(OC(F)(F)F)cc1)c1ccccc1)c1ccc2nc[nH]c2c1. The fourth-order valence-corrected chi connectivity index (χ4v) is 3.52. The van der Waals surface area contributed by atoms with E-state index in [0.717, 1.165) is 29.3 Å². The molecule has 0 aliphatic carbocycles. The number of halogens is 3. The summed E-state index contributed by atoms with van der Waals surface area (Å²) in [7, 11) is 0. The number of nitrogens with two attached hydrogens (primary N) is 1. The zero-order valence-electron chi connectivity index (χ0n) is 18.4. The van der Waals surface area contributed by atoms with Crippen molar-refractivity contribution >= 4 is 28.5 Å². The summed E-state index contributed by atoms with van der Waals surface area (Å²) in [6, 6.07) is 16.0. The summed E-state index contributed by atoms with van der Waals surface area (Å²) in [6.45, 7) is 0. The molecule has 4 rings (SSSR count). The number of amides is 2. The van der Waals surface area contributed by atoms with E-state index < -0.39 is 36.1 Å². The minimum absolute atomic E-state index is 0.0144. The van der Waals surface area contributed by atoms with Gasteiger partial charge in [-0.3, -0.25) is 9.59 Å². The number of aliphatic hydroxyl groups excluding tert-OH is 1. The molecular weight excluding hydrogens is 479 g/mol. The third-order valence-corrected chi connectivity index (χ3v) is 5.28. The molecule has 0 spiro atoms. The molecule has 9 nitrogen and oxygen atoms in total. The van der Waals surface area contributed by atoms with Gasteiger partial charge in [-0.25, -0.2) is 15.8 Å². The van der Waals surface area contributed by atoms with Crippen LogP contribution in [0.1, 0.15) is 22.0 Å². The van der Waals surface area contributed by atoms with Crippen molar-refractivity contribution in [3.8, 4) is 5.75 Å². The number of fused-ring (bicyclic) bond motifs is 1. The number of ether oxygens (including phenoxy) is 1. The molecule has 0 saturated carbocycles. The molecule has 5 N–H and O–H groups in total. The van der Waals surface area contributed by atoms with Gasteiger partial charge in [0, 0.05) is 5.56 Å². The molecule has 0 aliphatic rings. The number of nitrogens with one attached hydrogen (secondary N) is 2. The molecule has 186 valence electrons. The zero-order valence-corrected chi connectivity index (χ0v) is 18.4. The summed E-state index contributed by atoms with van der Waals surface area (Å²) in [5.41, 5.74) is 1.94. The summed E-state index contributed by atoms with van der Waals surface area (Å²) >= 11 is 0. The van der Waals surface area contributed by atoms with Crippen molar-refractivity contribution in [3.63, 3.8) is 0 Å². The van der Waals surface area contributed by atoms with Crippen LogP contribution in [0.3, 0.4) is 0 Å². The minimum Gasteiger partial charge on any atom is -0.406 e. The number of hydrogen-bond acceptors (Lipinski definition) is 6. The number of hydrazine groups is 1. The summed E-state index contributed by atoms with van der Waals surface area (Å²) in [6.07, 6.45) is -5.19. The minimum atomic E-state index is -4.87. The van der Waals surface area contributed by atoms with Crippen molar-refractivity contribution in [1.29, 1.82) is 0 Å².